The van der Waals surface area contributed by atoms with Gasteiger partial charge < -0.3 is 14.6 Å². The van der Waals surface area contributed by atoms with Gasteiger partial charge in [0.05, 0.1) is 11.1 Å². The van der Waals surface area contributed by atoms with Gasteiger partial charge in [-0.3, -0.25) is 4.79 Å². The van der Waals surface area contributed by atoms with Crippen molar-refractivity contribution in [2.24, 2.45) is 0 Å². The fourth-order valence-electron chi connectivity index (χ4n) is 2.30. The molecule has 1 heterocycles. The van der Waals surface area contributed by atoms with Crippen LogP contribution in [0.3, 0.4) is 0 Å². The van der Waals surface area contributed by atoms with Gasteiger partial charge >= 0.3 is 0 Å². The summed E-state index contributed by atoms with van der Waals surface area (Å²) in [7, 11) is 0. The zero-order valence-electron chi connectivity index (χ0n) is 14.6. The van der Waals surface area contributed by atoms with Crippen LogP contribution in [0.5, 0.6) is 5.75 Å². The van der Waals surface area contributed by atoms with E-state index in [1.54, 1.807) is 62.4 Å². The van der Waals surface area contributed by atoms with Crippen molar-refractivity contribution in [3.8, 4) is 17.2 Å². The molecule has 3 aromatic rings. The van der Waals surface area contributed by atoms with Crippen LogP contribution in [0.1, 0.15) is 25.7 Å². The molecule has 0 bridgehead atoms. The topological polar surface area (TPSA) is 77.2 Å². The Morgan fingerprint density at radius 2 is 1.81 bits per heavy atom. The quantitative estimate of drug-likeness (QED) is 0.643. The van der Waals surface area contributed by atoms with Crippen molar-refractivity contribution in [2.75, 3.05) is 0 Å². The summed E-state index contributed by atoms with van der Waals surface area (Å²) >= 11 is 11.9. The second-order valence-corrected chi connectivity index (χ2v) is 6.73. The van der Waals surface area contributed by atoms with Crippen LogP contribution in [-0.2, 0) is 4.79 Å². The minimum Gasteiger partial charge on any atom is -0.479 e. The number of carbonyl (C=O) groups excluding carboxylic acids is 1. The molecule has 1 N–H and O–H groups in total. The molecular formula is C19H17Cl2N3O3. The van der Waals surface area contributed by atoms with Crippen LogP contribution in [-0.4, -0.2) is 22.2 Å². The van der Waals surface area contributed by atoms with Gasteiger partial charge in [-0.15, -0.1) is 0 Å². The first-order valence-corrected chi connectivity index (χ1v) is 9.00. The van der Waals surface area contributed by atoms with E-state index in [-0.39, 0.29) is 5.91 Å². The smallest absolute Gasteiger partial charge is 0.261 e. The molecule has 0 saturated heterocycles. The lowest BCUT2D eigenvalue weighted by atomic mass is 10.2. The normalized spacial score (nSPS) is 13.0. The standard InChI is InChI=1S/C19H17Cl2N3O3/c1-11(17-23-19(27-24-17)13-7-9-14(20)10-8-13)22-18(25)12(2)26-16-6-4-3-5-15(16)21/h3-12H,1-2H3,(H,22,25). The summed E-state index contributed by atoms with van der Waals surface area (Å²) < 4.78 is 10.9. The summed E-state index contributed by atoms with van der Waals surface area (Å²) in [5.41, 5.74) is 0.743. The zero-order chi connectivity index (χ0) is 19.4. The Morgan fingerprint density at radius 3 is 2.52 bits per heavy atom. The lowest BCUT2D eigenvalue weighted by Gasteiger charge is -2.17. The minimum absolute atomic E-state index is 0.319. The maximum atomic E-state index is 12.4. The van der Waals surface area contributed by atoms with E-state index in [1.165, 1.54) is 0 Å². The number of halogens is 2. The Hall–Kier alpha value is -2.57. The second-order valence-electron chi connectivity index (χ2n) is 5.89. The number of ether oxygens (including phenoxy) is 1. The SMILES string of the molecule is CC(Oc1ccccc1Cl)C(=O)NC(C)c1noc(-c2ccc(Cl)cc2)n1. The fraction of sp³-hybridized carbons (Fsp3) is 0.211. The number of rotatable bonds is 6. The van der Waals surface area contributed by atoms with Crippen molar-refractivity contribution in [1.29, 1.82) is 0 Å². The summed E-state index contributed by atoms with van der Waals surface area (Å²) in [6.45, 7) is 3.40. The molecule has 2 unspecified atom stereocenters. The number of benzene rings is 2. The van der Waals surface area contributed by atoms with E-state index in [2.05, 4.69) is 15.5 Å². The van der Waals surface area contributed by atoms with E-state index in [0.717, 1.165) is 5.56 Å². The van der Waals surface area contributed by atoms with Crippen molar-refractivity contribution >= 4 is 29.1 Å². The summed E-state index contributed by atoms with van der Waals surface area (Å²) in [6.07, 6.45) is -0.741. The third-order valence-corrected chi connectivity index (χ3v) is 4.35. The summed E-state index contributed by atoms with van der Waals surface area (Å²) in [5.74, 6) is 0.834. The van der Waals surface area contributed by atoms with Crippen molar-refractivity contribution in [2.45, 2.75) is 26.0 Å². The summed E-state index contributed by atoms with van der Waals surface area (Å²) in [4.78, 5) is 16.7. The predicted octanol–water partition coefficient (Wildman–Crippen LogP) is 4.69. The molecule has 2 atom stereocenters. The third-order valence-electron chi connectivity index (χ3n) is 3.79. The zero-order valence-corrected chi connectivity index (χ0v) is 16.2. The van der Waals surface area contributed by atoms with Crippen molar-refractivity contribution in [1.82, 2.24) is 15.5 Å². The summed E-state index contributed by atoms with van der Waals surface area (Å²) in [5, 5.41) is 7.78. The van der Waals surface area contributed by atoms with Crippen LogP contribution in [0.2, 0.25) is 10.0 Å². The Labute approximate surface area is 166 Å². The number of para-hydroxylation sites is 1. The molecule has 0 aliphatic rings. The molecule has 0 saturated carbocycles. The van der Waals surface area contributed by atoms with E-state index in [9.17, 15) is 4.79 Å². The molecule has 3 rings (SSSR count). The largest absolute Gasteiger partial charge is 0.479 e. The Bertz CT molecular complexity index is 928. The number of hydrogen-bond acceptors (Lipinski definition) is 5. The molecule has 8 heteroatoms. The van der Waals surface area contributed by atoms with E-state index < -0.39 is 12.1 Å². The fourth-order valence-corrected chi connectivity index (χ4v) is 2.61. The second kappa shape index (κ2) is 8.41. The molecule has 140 valence electrons. The highest BCUT2D eigenvalue weighted by molar-refractivity contribution is 6.32. The first-order valence-electron chi connectivity index (χ1n) is 8.25. The van der Waals surface area contributed by atoms with Crippen LogP contribution in [0, 0.1) is 0 Å². The first-order chi connectivity index (χ1) is 12.9. The van der Waals surface area contributed by atoms with E-state index >= 15 is 0 Å². The molecule has 0 spiro atoms. The van der Waals surface area contributed by atoms with Crippen molar-refractivity contribution in [3.63, 3.8) is 0 Å². The van der Waals surface area contributed by atoms with Crippen LogP contribution >= 0.6 is 23.2 Å². The van der Waals surface area contributed by atoms with Gasteiger partial charge in [0.2, 0.25) is 0 Å². The molecule has 2 aromatic carbocycles. The molecule has 0 fully saturated rings. The Kier molecular flexibility index (Phi) is 5.98. The number of hydrogen-bond donors (Lipinski definition) is 1. The molecule has 6 nitrogen and oxygen atoms in total. The first kappa shape index (κ1) is 19.2. The molecule has 1 amide bonds. The Balaban J connectivity index is 1.63. The third kappa shape index (κ3) is 4.78. The van der Waals surface area contributed by atoms with Crippen LogP contribution < -0.4 is 10.1 Å². The highest BCUT2D eigenvalue weighted by atomic mass is 35.5. The molecule has 1 aromatic heterocycles. The monoisotopic (exact) mass is 405 g/mol. The predicted molar refractivity (Wildman–Crippen MR) is 103 cm³/mol. The van der Waals surface area contributed by atoms with E-state index in [4.69, 9.17) is 32.5 Å². The molecule has 0 radical (unpaired) electrons. The highest BCUT2D eigenvalue weighted by Gasteiger charge is 2.21. The molecule has 0 aliphatic carbocycles. The number of nitrogens with zero attached hydrogens (tertiary/aromatic N) is 2. The van der Waals surface area contributed by atoms with E-state index in [1.807, 2.05) is 0 Å². The van der Waals surface area contributed by atoms with Crippen molar-refractivity contribution < 1.29 is 14.1 Å². The number of carbonyl (C=O) groups is 1. The summed E-state index contributed by atoms with van der Waals surface area (Å²) in [6, 6.07) is 13.5. The number of nitrogens with one attached hydrogen (secondary N) is 1. The number of amides is 1. The van der Waals surface area contributed by atoms with Gasteiger partial charge in [-0.2, -0.15) is 4.98 Å². The van der Waals surface area contributed by atoms with E-state index in [0.29, 0.717) is 27.5 Å². The average Bonchev–Trinajstić information content (AvgIpc) is 3.14. The maximum Gasteiger partial charge on any atom is 0.261 e. The van der Waals surface area contributed by atoms with Gasteiger partial charge in [0, 0.05) is 10.6 Å². The van der Waals surface area contributed by atoms with Crippen molar-refractivity contribution in [3.05, 3.63) is 64.4 Å². The number of aromatic nitrogens is 2. The van der Waals surface area contributed by atoms with Gasteiger partial charge in [-0.25, -0.2) is 0 Å². The van der Waals surface area contributed by atoms with Gasteiger partial charge in [0.1, 0.15) is 5.75 Å². The molecule has 27 heavy (non-hydrogen) atoms. The van der Waals surface area contributed by atoms with Gasteiger partial charge in [-0.05, 0) is 50.2 Å². The minimum atomic E-state index is -0.741. The van der Waals surface area contributed by atoms with Gasteiger partial charge in [0.15, 0.2) is 11.9 Å². The van der Waals surface area contributed by atoms with Gasteiger partial charge in [-0.1, -0.05) is 40.5 Å². The maximum absolute atomic E-state index is 12.4. The lowest BCUT2D eigenvalue weighted by Crippen LogP contribution is -2.38. The van der Waals surface area contributed by atoms with Crippen LogP contribution in [0.15, 0.2) is 53.1 Å². The van der Waals surface area contributed by atoms with Crippen LogP contribution in [0.25, 0.3) is 11.5 Å². The lowest BCUT2D eigenvalue weighted by molar-refractivity contribution is -0.128. The van der Waals surface area contributed by atoms with Gasteiger partial charge in [0.25, 0.3) is 11.8 Å². The average molecular weight is 406 g/mol. The molecule has 0 aliphatic heterocycles. The molecular weight excluding hydrogens is 389 g/mol. The highest BCUT2D eigenvalue weighted by Crippen LogP contribution is 2.25. The van der Waals surface area contributed by atoms with Crippen LogP contribution in [0.4, 0.5) is 0 Å². The Morgan fingerprint density at radius 1 is 1.11 bits per heavy atom.